The zero-order valence-electron chi connectivity index (χ0n) is 10.9. The van der Waals surface area contributed by atoms with E-state index in [0.717, 1.165) is 4.90 Å². The van der Waals surface area contributed by atoms with Crippen molar-refractivity contribution in [2.45, 2.75) is 12.6 Å². The smallest absolute Gasteiger partial charge is 0.325 e. The summed E-state index contributed by atoms with van der Waals surface area (Å²) in [6.07, 6.45) is -4.36. The molecule has 20 heavy (non-hydrogen) atoms. The van der Waals surface area contributed by atoms with Crippen molar-refractivity contribution in [1.29, 1.82) is 5.26 Å². The number of anilines is 1. The van der Waals surface area contributed by atoms with Crippen LogP contribution in [-0.4, -0.2) is 37.1 Å². The van der Waals surface area contributed by atoms with Crippen molar-refractivity contribution in [3.8, 4) is 6.07 Å². The largest absolute Gasteiger partial charge is 0.401 e. The Labute approximate surface area is 114 Å². The molecule has 0 fully saturated rings. The first-order valence-electron chi connectivity index (χ1n) is 5.86. The second kappa shape index (κ2) is 6.91. The minimum absolute atomic E-state index is 0.0138. The Kier molecular flexibility index (Phi) is 5.53. The maximum Gasteiger partial charge on any atom is 0.401 e. The zero-order chi connectivity index (χ0) is 15.2. The molecule has 1 N–H and O–H groups in total. The van der Waals surface area contributed by atoms with Crippen molar-refractivity contribution in [2.75, 3.05) is 25.5 Å². The predicted molar refractivity (Wildman–Crippen MR) is 68.0 cm³/mol. The van der Waals surface area contributed by atoms with Crippen molar-refractivity contribution in [1.82, 2.24) is 4.90 Å². The van der Waals surface area contributed by atoms with E-state index in [1.165, 1.54) is 7.05 Å². The summed E-state index contributed by atoms with van der Waals surface area (Å²) >= 11 is 0. The van der Waals surface area contributed by atoms with Crippen LogP contribution in [0.25, 0.3) is 0 Å². The van der Waals surface area contributed by atoms with E-state index in [0.29, 0.717) is 11.3 Å². The summed E-state index contributed by atoms with van der Waals surface area (Å²) in [5.41, 5.74) is 0.669. The summed E-state index contributed by atoms with van der Waals surface area (Å²) in [4.78, 5) is 12.6. The number of benzene rings is 1. The molecule has 1 rings (SSSR count). The molecular weight excluding hydrogens is 271 g/mol. The van der Waals surface area contributed by atoms with Crippen molar-refractivity contribution in [3.63, 3.8) is 0 Å². The van der Waals surface area contributed by atoms with Crippen LogP contribution in [0.15, 0.2) is 24.3 Å². The molecule has 0 heterocycles. The summed E-state index contributed by atoms with van der Waals surface area (Å²) in [5.74, 6) is -0.429. The molecule has 108 valence electrons. The molecule has 0 aliphatic rings. The maximum atomic E-state index is 12.1. The highest BCUT2D eigenvalue weighted by molar-refractivity contribution is 5.92. The van der Waals surface area contributed by atoms with E-state index in [2.05, 4.69) is 5.32 Å². The number of hydrogen-bond donors (Lipinski definition) is 1. The highest BCUT2D eigenvalue weighted by Gasteiger charge is 2.29. The van der Waals surface area contributed by atoms with Gasteiger partial charge in [-0.15, -0.1) is 0 Å². The van der Waals surface area contributed by atoms with Crippen molar-refractivity contribution in [2.24, 2.45) is 0 Å². The summed E-state index contributed by atoms with van der Waals surface area (Å²) in [7, 11) is 1.30. The van der Waals surface area contributed by atoms with Crippen molar-refractivity contribution >= 4 is 11.6 Å². The number of amides is 1. The van der Waals surface area contributed by atoms with Crippen LogP contribution < -0.4 is 5.32 Å². The number of halogens is 3. The standard InChI is InChI=1S/C13H14F3N3O/c1-19(9-13(14,15)16)7-6-12(20)18-11-5-3-2-4-10(11)8-17/h2-5H,6-7,9H2,1H3,(H,18,20). The van der Waals surface area contributed by atoms with E-state index in [-0.39, 0.29) is 13.0 Å². The Morgan fingerprint density at radius 1 is 1.40 bits per heavy atom. The van der Waals surface area contributed by atoms with Crippen LogP contribution in [0.4, 0.5) is 18.9 Å². The number of hydrogen-bond acceptors (Lipinski definition) is 3. The first-order chi connectivity index (χ1) is 9.31. The molecule has 4 nitrogen and oxygen atoms in total. The number of para-hydroxylation sites is 1. The third kappa shape index (κ3) is 5.71. The molecule has 0 aliphatic heterocycles. The van der Waals surface area contributed by atoms with Crippen molar-refractivity contribution < 1.29 is 18.0 Å². The van der Waals surface area contributed by atoms with E-state index in [1.807, 2.05) is 6.07 Å². The topological polar surface area (TPSA) is 56.1 Å². The number of carbonyl (C=O) groups is 1. The number of nitriles is 1. The number of alkyl halides is 3. The molecule has 0 aromatic heterocycles. The van der Waals surface area contributed by atoms with Gasteiger partial charge in [0.2, 0.25) is 5.91 Å². The number of nitrogens with one attached hydrogen (secondary N) is 1. The average molecular weight is 285 g/mol. The van der Waals surface area contributed by atoms with Gasteiger partial charge in [0.15, 0.2) is 0 Å². The molecule has 7 heteroatoms. The molecular formula is C13H14F3N3O. The Morgan fingerprint density at radius 3 is 2.65 bits per heavy atom. The summed E-state index contributed by atoms with van der Waals surface area (Å²) in [6, 6.07) is 8.35. The molecule has 1 aromatic carbocycles. The van der Waals surface area contributed by atoms with Crippen LogP contribution in [-0.2, 0) is 4.79 Å². The average Bonchev–Trinajstić information content (AvgIpc) is 2.35. The molecule has 0 spiro atoms. The number of carbonyl (C=O) groups excluding carboxylic acids is 1. The Bertz CT molecular complexity index is 508. The van der Waals surface area contributed by atoms with Gasteiger partial charge in [-0.1, -0.05) is 12.1 Å². The van der Waals surface area contributed by atoms with E-state index in [4.69, 9.17) is 5.26 Å². The van der Waals surface area contributed by atoms with E-state index < -0.39 is 18.6 Å². The third-order valence-electron chi connectivity index (χ3n) is 2.49. The van der Waals surface area contributed by atoms with E-state index >= 15 is 0 Å². The van der Waals surface area contributed by atoms with Gasteiger partial charge in [-0.05, 0) is 19.2 Å². The van der Waals surface area contributed by atoms with E-state index in [1.54, 1.807) is 24.3 Å². The Morgan fingerprint density at radius 2 is 2.05 bits per heavy atom. The van der Waals surface area contributed by atoms with Gasteiger partial charge in [0.05, 0.1) is 17.8 Å². The van der Waals surface area contributed by atoms with Gasteiger partial charge in [0.1, 0.15) is 6.07 Å². The SMILES string of the molecule is CN(CCC(=O)Nc1ccccc1C#N)CC(F)(F)F. The Balaban J connectivity index is 2.47. The lowest BCUT2D eigenvalue weighted by Crippen LogP contribution is -2.33. The van der Waals surface area contributed by atoms with Crippen LogP contribution in [0.1, 0.15) is 12.0 Å². The molecule has 0 bridgehead atoms. The molecule has 0 unspecified atom stereocenters. The highest BCUT2D eigenvalue weighted by atomic mass is 19.4. The van der Waals surface area contributed by atoms with Gasteiger partial charge >= 0.3 is 6.18 Å². The predicted octanol–water partition coefficient (Wildman–Crippen LogP) is 2.38. The molecule has 1 amide bonds. The lowest BCUT2D eigenvalue weighted by Gasteiger charge is -2.18. The first kappa shape index (κ1) is 16.0. The van der Waals surface area contributed by atoms with E-state index in [9.17, 15) is 18.0 Å². The molecule has 0 aliphatic carbocycles. The lowest BCUT2D eigenvalue weighted by atomic mass is 10.2. The third-order valence-corrected chi connectivity index (χ3v) is 2.49. The van der Waals surface area contributed by atoms with Crippen LogP contribution in [0, 0.1) is 11.3 Å². The molecule has 0 radical (unpaired) electrons. The second-order valence-corrected chi connectivity index (χ2v) is 4.31. The molecule has 0 saturated heterocycles. The van der Waals surface area contributed by atoms with Crippen LogP contribution in [0.5, 0.6) is 0 Å². The number of nitrogens with zero attached hydrogens (tertiary/aromatic N) is 2. The van der Waals surface area contributed by atoms with Gasteiger partial charge in [0.25, 0.3) is 0 Å². The lowest BCUT2D eigenvalue weighted by molar-refractivity contribution is -0.144. The monoisotopic (exact) mass is 285 g/mol. The van der Waals surface area contributed by atoms with Crippen LogP contribution >= 0.6 is 0 Å². The summed E-state index contributed by atoms with van der Waals surface area (Å²) in [6.45, 7) is -1.07. The van der Waals surface area contributed by atoms with Gasteiger partial charge < -0.3 is 5.32 Å². The van der Waals surface area contributed by atoms with Crippen LogP contribution in [0.3, 0.4) is 0 Å². The second-order valence-electron chi connectivity index (χ2n) is 4.31. The summed E-state index contributed by atoms with van der Waals surface area (Å²) < 4.78 is 36.3. The van der Waals surface area contributed by atoms with Gasteiger partial charge in [-0.3, -0.25) is 9.69 Å². The highest BCUT2D eigenvalue weighted by Crippen LogP contribution is 2.16. The minimum Gasteiger partial charge on any atom is -0.325 e. The van der Waals surface area contributed by atoms with Gasteiger partial charge in [-0.25, -0.2) is 0 Å². The first-order valence-corrected chi connectivity index (χ1v) is 5.86. The fraction of sp³-hybridized carbons (Fsp3) is 0.385. The van der Waals surface area contributed by atoms with Crippen molar-refractivity contribution in [3.05, 3.63) is 29.8 Å². The maximum absolute atomic E-state index is 12.1. The van der Waals surface area contributed by atoms with Gasteiger partial charge in [0, 0.05) is 13.0 Å². The fourth-order valence-corrected chi connectivity index (χ4v) is 1.58. The molecule has 0 saturated carbocycles. The summed E-state index contributed by atoms with van der Waals surface area (Å²) in [5, 5.41) is 11.4. The fourth-order valence-electron chi connectivity index (χ4n) is 1.58. The van der Waals surface area contributed by atoms with Gasteiger partial charge in [-0.2, -0.15) is 18.4 Å². The zero-order valence-corrected chi connectivity index (χ0v) is 10.9. The quantitative estimate of drug-likeness (QED) is 0.903. The van der Waals surface area contributed by atoms with Crippen LogP contribution in [0.2, 0.25) is 0 Å². The molecule has 0 atom stereocenters. The molecule has 1 aromatic rings. The Hall–Kier alpha value is -2.07. The normalized spacial score (nSPS) is 11.2. The minimum atomic E-state index is -4.28. The number of rotatable bonds is 5.